The Morgan fingerprint density at radius 1 is 1.44 bits per heavy atom. The summed E-state index contributed by atoms with van der Waals surface area (Å²) in [4.78, 5) is 10.9. The van der Waals surface area contributed by atoms with Crippen molar-refractivity contribution in [3.05, 3.63) is 0 Å². The van der Waals surface area contributed by atoms with E-state index in [2.05, 4.69) is 5.32 Å². The Bertz CT molecular complexity index is 269. The molecular formula is C9H17NO6. The Morgan fingerprint density at radius 3 is 2.44 bits per heavy atom. The second kappa shape index (κ2) is 4.64. The van der Waals surface area contributed by atoms with Crippen LogP contribution in [0, 0.1) is 0 Å². The maximum Gasteiger partial charge on any atom is 0.217 e. The summed E-state index contributed by atoms with van der Waals surface area (Å²) in [7, 11) is 0. The maximum atomic E-state index is 10.9. The third kappa shape index (κ3) is 2.50. The quantitative estimate of drug-likeness (QED) is 0.355. The SMILES string of the molecule is CC(=O)N[C@@H]1[C@@H](O)[C@H](O)[C@@H](CO)O[C@@]1(C)O. The maximum absolute atomic E-state index is 10.9. The zero-order chi connectivity index (χ0) is 12.5. The van der Waals surface area contributed by atoms with Crippen LogP contribution < -0.4 is 5.32 Å². The van der Waals surface area contributed by atoms with Gasteiger partial charge in [-0.2, -0.15) is 0 Å². The van der Waals surface area contributed by atoms with E-state index in [9.17, 15) is 20.1 Å². The molecule has 0 bridgehead atoms. The molecule has 0 aromatic rings. The number of carbonyl (C=O) groups is 1. The van der Waals surface area contributed by atoms with E-state index in [0.717, 1.165) is 0 Å². The van der Waals surface area contributed by atoms with E-state index < -0.39 is 42.7 Å². The van der Waals surface area contributed by atoms with Crippen LogP contribution in [0.3, 0.4) is 0 Å². The first-order valence-electron chi connectivity index (χ1n) is 4.94. The lowest BCUT2D eigenvalue weighted by molar-refractivity contribution is -0.309. The topological polar surface area (TPSA) is 119 Å². The van der Waals surface area contributed by atoms with E-state index >= 15 is 0 Å². The highest BCUT2D eigenvalue weighted by Gasteiger charge is 2.50. The summed E-state index contributed by atoms with van der Waals surface area (Å²) < 4.78 is 5.00. The van der Waals surface area contributed by atoms with E-state index in [4.69, 9.17) is 9.84 Å². The van der Waals surface area contributed by atoms with Gasteiger partial charge in [0.15, 0.2) is 5.79 Å². The number of carbonyl (C=O) groups excluding carboxylic acids is 1. The van der Waals surface area contributed by atoms with Crippen molar-refractivity contribution in [1.29, 1.82) is 0 Å². The molecule has 0 unspecified atom stereocenters. The van der Waals surface area contributed by atoms with Crippen molar-refractivity contribution in [1.82, 2.24) is 5.32 Å². The predicted molar refractivity (Wildman–Crippen MR) is 52.2 cm³/mol. The van der Waals surface area contributed by atoms with Crippen molar-refractivity contribution in [3.8, 4) is 0 Å². The number of hydrogen-bond donors (Lipinski definition) is 5. The highest BCUT2D eigenvalue weighted by Crippen LogP contribution is 2.27. The third-order valence-corrected chi connectivity index (χ3v) is 2.58. The fraction of sp³-hybridized carbons (Fsp3) is 0.889. The lowest BCUT2D eigenvalue weighted by Crippen LogP contribution is -2.69. The van der Waals surface area contributed by atoms with Crippen LogP contribution >= 0.6 is 0 Å². The molecule has 1 saturated heterocycles. The first-order chi connectivity index (χ1) is 7.29. The fourth-order valence-corrected chi connectivity index (χ4v) is 1.77. The summed E-state index contributed by atoms with van der Waals surface area (Å²) in [5, 5.41) is 40.3. The van der Waals surface area contributed by atoms with Gasteiger partial charge in [0.2, 0.25) is 5.91 Å². The van der Waals surface area contributed by atoms with Crippen LogP contribution in [0.15, 0.2) is 0 Å². The standard InChI is InChI=1S/C9H17NO6/c1-4(12)10-8-7(14)6(13)5(3-11)16-9(8,2)15/h5-8,11,13-15H,3H2,1-2H3,(H,10,12)/t5-,6-,7+,8-,9-/m1/s1. The van der Waals surface area contributed by atoms with Gasteiger partial charge in [-0.05, 0) is 6.92 Å². The van der Waals surface area contributed by atoms with Crippen LogP contribution in [0.2, 0.25) is 0 Å². The van der Waals surface area contributed by atoms with Crippen LogP contribution in [-0.4, -0.2) is 63.1 Å². The van der Waals surface area contributed by atoms with Gasteiger partial charge in [0, 0.05) is 6.92 Å². The van der Waals surface area contributed by atoms with Gasteiger partial charge in [0.05, 0.1) is 6.61 Å². The number of ether oxygens (including phenoxy) is 1. The predicted octanol–water partition coefficient (Wildman–Crippen LogP) is -2.69. The lowest BCUT2D eigenvalue weighted by Gasteiger charge is -2.46. The minimum absolute atomic E-state index is 0.470. The number of hydrogen-bond acceptors (Lipinski definition) is 6. The highest BCUT2D eigenvalue weighted by molar-refractivity contribution is 5.73. The molecule has 5 atom stereocenters. The van der Waals surface area contributed by atoms with Gasteiger partial charge < -0.3 is 30.5 Å². The largest absolute Gasteiger partial charge is 0.394 e. The molecule has 0 spiro atoms. The van der Waals surface area contributed by atoms with Gasteiger partial charge in [-0.15, -0.1) is 0 Å². The Labute approximate surface area is 92.7 Å². The molecule has 16 heavy (non-hydrogen) atoms. The first kappa shape index (κ1) is 13.3. The molecule has 7 heteroatoms. The molecule has 0 aliphatic carbocycles. The zero-order valence-electron chi connectivity index (χ0n) is 9.12. The van der Waals surface area contributed by atoms with Gasteiger partial charge in [-0.3, -0.25) is 4.79 Å². The van der Waals surface area contributed by atoms with Gasteiger partial charge in [0.1, 0.15) is 24.4 Å². The molecule has 1 amide bonds. The normalized spacial score (nSPS) is 44.1. The summed E-state index contributed by atoms with van der Waals surface area (Å²) in [6, 6.07) is -1.15. The smallest absolute Gasteiger partial charge is 0.217 e. The Balaban J connectivity index is 2.87. The van der Waals surface area contributed by atoms with Crippen molar-refractivity contribution in [2.45, 2.75) is 44.0 Å². The van der Waals surface area contributed by atoms with E-state index in [-0.39, 0.29) is 0 Å². The average molecular weight is 235 g/mol. The molecule has 1 aliphatic heterocycles. The van der Waals surface area contributed by atoms with E-state index in [1.165, 1.54) is 13.8 Å². The monoisotopic (exact) mass is 235 g/mol. The van der Waals surface area contributed by atoms with Crippen LogP contribution in [0.1, 0.15) is 13.8 Å². The number of rotatable bonds is 2. The van der Waals surface area contributed by atoms with Crippen molar-refractivity contribution in [2.24, 2.45) is 0 Å². The summed E-state index contributed by atoms with van der Waals surface area (Å²) in [5.41, 5.74) is 0. The Kier molecular flexibility index (Phi) is 3.87. The van der Waals surface area contributed by atoms with Crippen molar-refractivity contribution < 1.29 is 30.0 Å². The number of aliphatic hydroxyl groups is 4. The summed E-state index contributed by atoms with van der Waals surface area (Å²) in [6.45, 7) is 1.92. The second-order valence-corrected chi connectivity index (χ2v) is 4.05. The van der Waals surface area contributed by atoms with Gasteiger partial charge in [-0.25, -0.2) is 0 Å². The van der Waals surface area contributed by atoms with E-state index in [1.807, 2.05) is 0 Å². The van der Waals surface area contributed by atoms with Crippen LogP contribution in [0.5, 0.6) is 0 Å². The van der Waals surface area contributed by atoms with Gasteiger partial charge in [0.25, 0.3) is 0 Å². The average Bonchev–Trinajstić information content (AvgIpc) is 2.18. The van der Waals surface area contributed by atoms with E-state index in [0.29, 0.717) is 0 Å². The van der Waals surface area contributed by atoms with Gasteiger partial charge >= 0.3 is 0 Å². The molecule has 0 saturated carbocycles. The summed E-state index contributed by atoms with van der Waals surface area (Å²) in [5.74, 6) is -2.32. The number of aliphatic hydroxyl groups excluding tert-OH is 3. The second-order valence-electron chi connectivity index (χ2n) is 4.05. The Morgan fingerprint density at radius 2 is 2.00 bits per heavy atom. The van der Waals surface area contributed by atoms with E-state index in [1.54, 1.807) is 0 Å². The fourth-order valence-electron chi connectivity index (χ4n) is 1.77. The van der Waals surface area contributed by atoms with Crippen LogP contribution in [-0.2, 0) is 9.53 Å². The molecule has 7 nitrogen and oxygen atoms in total. The molecule has 1 rings (SSSR count). The molecule has 1 heterocycles. The highest BCUT2D eigenvalue weighted by atomic mass is 16.6. The lowest BCUT2D eigenvalue weighted by atomic mass is 9.91. The minimum atomic E-state index is -1.85. The molecule has 0 aromatic carbocycles. The first-order valence-corrected chi connectivity index (χ1v) is 4.94. The minimum Gasteiger partial charge on any atom is -0.394 e. The third-order valence-electron chi connectivity index (χ3n) is 2.58. The number of amides is 1. The van der Waals surface area contributed by atoms with Gasteiger partial charge in [-0.1, -0.05) is 0 Å². The van der Waals surface area contributed by atoms with Crippen LogP contribution in [0.4, 0.5) is 0 Å². The number of nitrogens with one attached hydrogen (secondary N) is 1. The molecule has 0 radical (unpaired) electrons. The molecule has 1 aliphatic rings. The molecule has 1 fully saturated rings. The summed E-state index contributed by atoms with van der Waals surface area (Å²) >= 11 is 0. The molecular weight excluding hydrogens is 218 g/mol. The summed E-state index contributed by atoms with van der Waals surface area (Å²) in [6.07, 6.45) is -3.87. The molecule has 94 valence electrons. The molecule has 5 N–H and O–H groups in total. The molecule has 0 aromatic heterocycles. The van der Waals surface area contributed by atoms with Crippen molar-refractivity contribution in [2.75, 3.05) is 6.61 Å². The van der Waals surface area contributed by atoms with Crippen molar-refractivity contribution >= 4 is 5.91 Å². The zero-order valence-corrected chi connectivity index (χ0v) is 9.12. The Hall–Kier alpha value is -0.730. The van der Waals surface area contributed by atoms with Crippen LogP contribution in [0.25, 0.3) is 0 Å². The van der Waals surface area contributed by atoms with Crippen molar-refractivity contribution in [3.63, 3.8) is 0 Å².